The summed E-state index contributed by atoms with van der Waals surface area (Å²) in [4.78, 5) is 7.93. The van der Waals surface area contributed by atoms with Gasteiger partial charge in [-0.25, -0.2) is 4.98 Å². The van der Waals surface area contributed by atoms with E-state index in [0.717, 1.165) is 10.9 Å². The number of nitrogens with zero attached hydrogens (tertiary/aromatic N) is 2. The van der Waals surface area contributed by atoms with E-state index in [1.807, 2.05) is 18.2 Å². The summed E-state index contributed by atoms with van der Waals surface area (Å²) >= 11 is 0. The van der Waals surface area contributed by atoms with E-state index in [1.165, 1.54) is 6.33 Å². The summed E-state index contributed by atoms with van der Waals surface area (Å²) in [6.45, 7) is 0. The van der Waals surface area contributed by atoms with E-state index in [0.29, 0.717) is 0 Å². The zero-order valence-corrected chi connectivity index (χ0v) is 9.40. The van der Waals surface area contributed by atoms with Crippen LogP contribution in [0.15, 0.2) is 30.7 Å². The van der Waals surface area contributed by atoms with Crippen LogP contribution in [-0.2, 0) is 0 Å². The van der Waals surface area contributed by atoms with Gasteiger partial charge in [0, 0.05) is 6.20 Å². The Bertz CT molecular complexity index is 283. The summed E-state index contributed by atoms with van der Waals surface area (Å²) in [5, 5.41) is 1.06. The molecule has 1 heterocycles. The van der Waals surface area contributed by atoms with E-state index in [-0.39, 0.29) is 51.4 Å². The van der Waals surface area contributed by atoms with Crippen LogP contribution in [0.4, 0.5) is 0 Å². The van der Waals surface area contributed by atoms with Gasteiger partial charge in [-0.1, -0.05) is 5.39 Å². The van der Waals surface area contributed by atoms with Crippen molar-refractivity contribution in [1.29, 1.82) is 0 Å². The molecule has 0 amide bonds. The topological polar surface area (TPSA) is 25.8 Å². The van der Waals surface area contributed by atoms with E-state index >= 15 is 0 Å². The van der Waals surface area contributed by atoms with Gasteiger partial charge in [0.2, 0.25) is 0 Å². The Kier molecular flexibility index (Phi) is 3.61. The van der Waals surface area contributed by atoms with E-state index in [1.54, 1.807) is 6.20 Å². The minimum absolute atomic E-state index is 0. The molecule has 0 radical (unpaired) electrons. The second-order valence-corrected chi connectivity index (χ2v) is 2.01. The largest absolute Gasteiger partial charge is 1.00 e. The van der Waals surface area contributed by atoms with Gasteiger partial charge >= 0.3 is 51.4 Å². The predicted octanol–water partition coefficient (Wildman–Crippen LogP) is -1.57. The Labute approximate surface area is 107 Å². The number of benzene rings is 1. The molecule has 1 aromatic heterocycles. The molecule has 2 aromatic rings. The van der Waals surface area contributed by atoms with Crippen molar-refractivity contribution in [2.45, 2.75) is 0 Å². The predicted molar refractivity (Wildman–Crippen MR) is 38.4 cm³/mol. The zero-order valence-electron chi connectivity index (χ0n) is 6.28. The molecule has 0 bridgehead atoms. The minimum Gasteiger partial charge on any atom is -0.302 e. The molecule has 11 heavy (non-hydrogen) atoms. The average Bonchev–Trinajstić information content (AvgIpc) is 2.05. The summed E-state index contributed by atoms with van der Waals surface area (Å²) in [6, 6.07) is 8.58. The molecular weight excluding hydrogens is 163 g/mol. The molecule has 0 unspecified atom stereocenters. The third-order valence-corrected chi connectivity index (χ3v) is 1.35. The van der Waals surface area contributed by atoms with Crippen molar-refractivity contribution in [3.05, 3.63) is 36.8 Å². The van der Waals surface area contributed by atoms with Gasteiger partial charge in [-0.15, -0.1) is 0 Å². The molecule has 0 N–H and O–H groups in total. The quantitative estimate of drug-likeness (QED) is 0.351. The molecule has 3 heteroatoms. The van der Waals surface area contributed by atoms with E-state index in [9.17, 15) is 0 Å². The van der Waals surface area contributed by atoms with Crippen molar-refractivity contribution in [2.24, 2.45) is 0 Å². The van der Waals surface area contributed by atoms with Gasteiger partial charge in [0.25, 0.3) is 0 Å². The summed E-state index contributed by atoms with van der Waals surface area (Å²) in [6.07, 6.45) is 3.33. The van der Waals surface area contributed by atoms with Crippen molar-refractivity contribution in [2.75, 3.05) is 0 Å². The van der Waals surface area contributed by atoms with Crippen LogP contribution in [0, 0.1) is 6.07 Å². The van der Waals surface area contributed by atoms with Crippen molar-refractivity contribution in [3.63, 3.8) is 0 Å². The van der Waals surface area contributed by atoms with Crippen molar-refractivity contribution in [1.82, 2.24) is 9.97 Å². The molecule has 2 nitrogen and oxygen atoms in total. The standard InChI is InChI=1S/C8H5N2.K/c1-2-4-8-7(3-1)5-9-6-10-8;/h1,3-6H;/q-1;+1. The normalized spacial score (nSPS) is 9.09. The van der Waals surface area contributed by atoms with E-state index in [2.05, 4.69) is 16.0 Å². The first-order valence-electron chi connectivity index (χ1n) is 3.02. The third-order valence-electron chi connectivity index (χ3n) is 1.35. The summed E-state index contributed by atoms with van der Waals surface area (Å²) < 4.78 is 0. The molecule has 0 atom stereocenters. The van der Waals surface area contributed by atoms with Gasteiger partial charge in [0.05, 0.1) is 0 Å². The van der Waals surface area contributed by atoms with Crippen LogP contribution in [0.2, 0.25) is 0 Å². The zero-order chi connectivity index (χ0) is 6.81. The number of rotatable bonds is 0. The van der Waals surface area contributed by atoms with Crippen LogP contribution >= 0.6 is 0 Å². The second kappa shape index (κ2) is 4.28. The second-order valence-electron chi connectivity index (χ2n) is 2.01. The Morgan fingerprint density at radius 3 is 3.09 bits per heavy atom. The molecule has 2 rings (SSSR count). The summed E-state index contributed by atoms with van der Waals surface area (Å²) in [5.41, 5.74) is 0.942. The Balaban J connectivity index is 0.000000605. The average molecular weight is 168 g/mol. The summed E-state index contributed by atoms with van der Waals surface area (Å²) in [7, 11) is 0. The van der Waals surface area contributed by atoms with E-state index in [4.69, 9.17) is 0 Å². The van der Waals surface area contributed by atoms with Gasteiger partial charge < -0.3 is 4.98 Å². The molecule has 0 aliphatic heterocycles. The number of hydrogen-bond acceptors (Lipinski definition) is 2. The van der Waals surface area contributed by atoms with Crippen LogP contribution < -0.4 is 51.4 Å². The Morgan fingerprint density at radius 2 is 2.27 bits per heavy atom. The van der Waals surface area contributed by atoms with Gasteiger partial charge in [-0.3, -0.25) is 0 Å². The van der Waals surface area contributed by atoms with Gasteiger partial charge in [0.15, 0.2) is 0 Å². The fraction of sp³-hybridized carbons (Fsp3) is 0. The Hall–Kier alpha value is 0.196. The minimum atomic E-state index is 0. The maximum absolute atomic E-state index is 4.04. The van der Waals surface area contributed by atoms with Crippen LogP contribution in [0.5, 0.6) is 0 Å². The molecule has 48 valence electrons. The molecular formula is C8H5KN2. The SMILES string of the molecule is [K+].[c-]1ccc2cncnc2c1. The molecule has 0 spiro atoms. The number of fused-ring (bicyclic) bond motifs is 1. The first kappa shape index (κ1) is 9.29. The maximum Gasteiger partial charge on any atom is 1.00 e. The molecule has 0 fully saturated rings. The van der Waals surface area contributed by atoms with Crippen LogP contribution in [0.3, 0.4) is 0 Å². The smallest absolute Gasteiger partial charge is 0.302 e. The molecule has 1 aromatic carbocycles. The van der Waals surface area contributed by atoms with Gasteiger partial charge in [-0.2, -0.15) is 24.3 Å². The van der Waals surface area contributed by atoms with Gasteiger partial charge in [-0.05, 0) is 5.52 Å². The van der Waals surface area contributed by atoms with E-state index < -0.39 is 0 Å². The van der Waals surface area contributed by atoms with Crippen LogP contribution in [0.1, 0.15) is 0 Å². The van der Waals surface area contributed by atoms with Crippen LogP contribution in [0.25, 0.3) is 10.9 Å². The Morgan fingerprint density at radius 1 is 1.36 bits per heavy atom. The van der Waals surface area contributed by atoms with Crippen molar-refractivity contribution in [3.8, 4) is 0 Å². The van der Waals surface area contributed by atoms with Gasteiger partial charge in [0.1, 0.15) is 6.33 Å². The fourth-order valence-corrected chi connectivity index (χ4v) is 0.864. The monoisotopic (exact) mass is 168 g/mol. The molecule has 0 aliphatic carbocycles. The fourth-order valence-electron chi connectivity index (χ4n) is 0.864. The molecule has 0 saturated carbocycles. The maximum atomic E-state index is 4.04. The number of hydrogen-bond donors (Lipinski definition) is 0. The molecule has 0 saturated heterocycles. The number of aromatic nitrogens is 2. The first-order chi connectivity index (χ1) is 4.97. The first-order valence-corrected chi connectivity index (χ1v) is 3.02. The van der Waals surface area contributed by atoms with Crippen LogP contribution in [-0.4, -0.2) is 9.97 Å². The van der Waals surface area contributed by atoms with Crippen molar-refractivity contribution < 1.29 is 51.4 Å². The van der Waals surface area contributed by atoms with Crippen molar-refractivity contribution >= 4 is 10.9 Å². The molecule has 0 aliphatic rings. The summed E-state index contributed by atoms with van der Waals surface area (Å²) in [5.74, 6) is 0. The third kappa shape index (κ3) is 2.07.